The Balaban J connectivity index is 2.06. The second-order valence-electron chi connectivity index (χ2n) is 3.65. The molecule has 0 saturated heterocycles. The summed E-state index contributed by atoms with van der Waals surface area (Å²) in [5.41, 5.74) is 3.11. The monoisotopic (exact) mass is 275 g/mol. The van der Waals surface area contributed by atoms with Gasteiger partial charge in [0.1, 0.15) is 5.75 Å². The quantitative estimate of drug-likeness (QED) is 0.666. The number of hydrogen-bond acceptors (Lipinski definition) is 4. The maximum Gasteiger partial charge on any atom is 0.275 e. The van der Waals surface area contributed by atoms with Crippen LogP contribution in [0.4, 0.5) is 0 Å². The number of rotatable bonds is 3. The molecule has 0 bridgehead atoms. The van der Waals surface area contributed by atoms with Gasteiger partial charge in [0.05, 0.1) is 11.8 Å². The summed E-state index contributed by atoms with van der Waals surface area (Å²) < 4.78 is 0. The number of phenolic OH excluding ortho intramolecular Hbond substituents is 1. The highest BCUT2D eigenvalue weighted by atomic mass is 35.5. The van der Waals surface area contributed by atoms with Crippen molar-refractivity contribution in [1.29, 1.82) is 0 Å². The van der Waals surface area contributed by atoms with Crippen molar-refractivity contribution >= 4 is 23.7 Å². The summed E-state index contributed by atoms with van der Waals surface area (Å²) in [6.45, 7) is 0. The van der Waals surface area contributed by atoms with Crippen LogP contribution in [0.5, 0.6) is 5.75 Å². The van der Waals surface area contributed by atoms with Crippen LogP contribution in [0.1, 0.15) is 15.9 Å². The number of nitrogens with one attached hydrogen (secondary N) is 1. The number of hydrazone groups is 1. The number of aromatic hydroxyl groups is 1. The van der Waals surface area contributed by atoms with Gasteiger partial charge in [-0.25, -0.2) is 5.43 Å². The van der Waals surface area contributed by atoms with Crippen molar-refractivity contribution in [2.24, 2.45) is 5.10 Å². The average molecular weight is 276 g/mol. The second-order valence-corrected chi connectivity index (χ2v) is 4.08. The predicted octanol–water partition coefficient (Wildman–Crippen LogP) is 2.20. The Kier molecular flexibility index (Phi) is 4.10. The third-order valence-corrected chi connectivity index (χ3v) is 2.50. The Bertz CT molecular complexity index is 615. The molecule has 19 heavy (non-hydrogen) atoms. The van der Waals surface area contributed by atoms with Gasteiger partial charge in [0.25, 0.3) is 5.91 Å². The van der Waals surface area contributed by atoms with Gasteiger partial charge in [-0.2, -0.15) is 5.10 Å². The van der Waals surface area contributed by atoms with Crippen LogP contribution in [0.25, 0.3) is 0 Å². The Morgan fingerprint density at radius 2 is 2.26 bits per heavy atom. The van der Waals surface area contributed by atoms with Crippen LogP contribution >= 0.6 is 11.6 Å². The molecule has 0 aliphatic heterocycles. The van der Waals surface area contributed by atoms with Crippen LogP contribution in [0.3, 0.4) is 0 Å². The van der Waals surface area contributed by atoms with E-state index in [2.05, 4.69) is 15.5 Å². The summed E-state index contributed by atoms with van der Waals surface area (Å²) in [5.74, 6) is -0.696. The van der Waals surface area contributed by atoms with Gasteiger partial charge in [-0.05, 0) is 24.3 Å². The lowest BCUT2D eigenvalue weighted by atomic mass is 10.2. The Morgan fingerprint density at radius 3 is 3.00 bits per heavy atom. The van der Waals surface area contributed by atoms with Crippen molar-refractivity contribution in [2.45, 2.75) is 0 Å². The molecule has 0 saturated carbocycles. The van der Waals surface area contributed by atoms with E-state index in [0.29, 0.717) is 5.02 Å². The molecule has 2 rings (SSSR count). The van der Waals surface area contributed by atoms with Gasteiger partial charge in [0, 0.05) is 23.0 Å². The minimum Gasteiger partial charge on any atom is -0.507 e. The number of carbonyl (C=O) groups excluding carboxylic acids is 1. The number of benzene rings is 1. The number of halogens is 1. The minimum absolute atomic E-state index is 0.0656. The van der Waals surface area contributed by atoms with E-state index in [0.717, 1.165) is 5.56 Å². The molecule has 5 nitrogen and oxygen atoms in total. The fourth-order valence-corrected chi connectivity index (χ4v) is 1.54. The molecule has 0 aliphatic rings. The number of aromatic nitrogens is 1. The lowest BCUT2D eigenvalue weighted by molar-refractivity contribution is 0.0952. The summed E-state index contributed by atoms with van der Waals surface area (Å²) in [6, 6.07) is 7.76. The molecule has 1 amide bonds. The summed E-state index contributed by atoms with van der Waals surface area (Å²) in [6.07, 6.45) is 4.69. The topological polar surface area (TPSA) is 74.6 Å². The second kappa shape index (κ2) is 5.97. The van der Waals surface area contributed by atoms with Crippen molar-refractivity contribution in [3.8, 4) is 5.75 Å². The van der Waals surface area contributed by atoms with Gasteiger partial charge in [0.2, 0.25) is 0 Å². The first-order valence-electron chi connectivity index (χ1n) is 5.39. The lowest BCUT2D eigenvalue weighted by Crippen LogP contribution is -2.17. The molecule has 0 radical (unpaired) electrons. The molecule has 1 aromatic carbocycles. The van der Waals surface area contributed by atoms with E-state index in [1.54, 1.807) is 24.5 Å². The molecule has 0 atom stereocenters. The van der Waals surface area contributed by atoms with E-state index in [1.165, 1.54) is 24.4 Å². The molecule has 6 heteroatoms. The summed E-state index contributed by atoms with van der Waals surface area (Å²) in [5, 5.41) is 13.7. The highest BCUT2D eigenvalue weighted by molar-refractivity contribution is 6.31. The Morgan fingerprint density at radius 1 is 1.42 bits per heavy atom. The molecule has 0 unspecified atom stereocenters. The van der Waals surface area contributed by atoms with E-state index in [9.17, 15) is 9.90 Å². The van der Waals surface area contributed by atoms with Gasteiger partial charge < -0.3 is 5.11 Å². The normalized spacial score (nSPS) is 10.6. The third-order valence-electron chi connectivity index (χ3n) is 2.27. The average Bonchev–Trinajstić information content (AvgIpc) is 2.42. The molecule has 0 aliphatic carbocycles. The van der Waals surface area contributed by atoms with E-state index in [1.807, 2.05) is 0 Å². The molecular weight excluding hydrogens is 266 g/mol. The number of nitrogens with zero attached hydrogens (tertiary/aromatic N) is 2. The fraction of sp³-hybridized carbons (Fsp3) is 0. The lowest BCUT2D eigenvalue weighted by Gasteiger charge is -2.03. The highest BCUT2D eigenvalue weighted by Gasteiger charge is 2.10. The SMILES string of the molecule is O=C(N/N=C\c1cccnc1)c1cc(Cl)ccc1O. The number of hydrogen-bond donors (Lipinski definition) is 2. The minimum atomic E-state index is -0.542. The van der Waals surface area contributed by atoms with Crippen molar-refractivity contribution < 1.29 is 9.90 Å². The number of phenols is 1. The molecule has 0 fully saturated rings. The molecule has 1 aromatic heterocycles. The van der Waals surface area contributed by atoms with Crippen LogP contribution in [-0.2, 0) is 0 Å². The van der Waals surface area contributed by atoms with Crippen molar-refractivity contribution in [3.05, 3.63) is 58.9 Å². The molecule has 2 aromatic rings. The van der Waals surface area contributed by atoms with Crippen molar-refractivity contribution in [1.82, 2.24) is 10.4 Å². The fourth-order valence-electron chi connectivity index (χ4n) is 1.37. The molecule has 1 heterocycles. The molecule has 2 N–H and O–H groups in total. The Hall–Kier alpha value is -2.40. The van der Waals surface area contributed by atoms with Gasteiger partial charge >= 0.3 is 0 Å². The van der Waals surface area contributed by atoms with Gasteiger partial charge in [-0.15, -0.1) is 0 Å². The van der Waals surface area contributed by atoms with Crippen LogP contribution in [0.15, 0.2) is 47.8 Å². The van der Waals surface area contributed by atoms with Crippen molar-refractivity contribution in [2.75, 3.05) is 0 Å². The maximum absolute atomic E-state index is 11.7. The smallest absolute Gasteiger partial charge is 0.275 e. The van der Waals surface area contributed by atoms with Crippen LogP contribution < -0.4 is 5.43 Å². The summed E-state index contributed by atoms with van der Waals surface area (Å²) in [7, 11) is 0. The third kappa shape index (κ3) is 3.53. The van der Waals surface area contributed by atoms with Crippen LogP contribution in [0, 0.1) is 0 Å². The highest BCUT2D eigenvalue weighted by Crippen LogP contribution is 2.21. The first-order valence-corrected chi connectivity index (χ1v) is 5.76. The summed E-state index contributed by atoms with van der Waals surface area (Å²) in [4.78, 5) is 15.7. The number of carbonyl (C=O) groups is 1. The maximum atomic E-state index is 11.7. The largest absolute Gasteiger partial charge is 0.507 e. The van der Waals surface area contributed by atoms with E-state index < -0.39 is 5.91 Å². The summed E-state index contributed by atoms with van der Waals surface area (Å²) >= 11 is 5.75. The van der Waals surface area contributed by atoms with Gasteiger partial charge in [-0.3, -0.25) is 9.78 Å². The van der Waals surface area contributed by atoms with Crippen LogP contribution in [0.2, 0.25) is 5.02 Å². The Labute approximate surface area is 114 Å². The van der Waals surface area contributed by atoms with E-state index in [-0.39, 0.29) is 11.3 Å². The molecule has 0 spiro atoms. The number of amides is 1. The standard InChI is InChI=1S/C13H10ClN3O2/c14-10-3-4-12(18)11(6-10)13(19)17-16-8-9-2-1-5-15-7-9/h1-8,18H,(H,17,19)/b16-8-. The van der Waals surface area contributed by atoms with Crippen LogP contribution in [-0.4, -0.2) is 22.2 Å². The van der Waals surface area contributed by atoms with Gasteiger partial charge in [0.15, 0.2) is 0 Å². The first-order chi connectivity index (χ1) is 9.16. The zero-order valence-electron chi connectivity index (χ0n) is 9.75. The van der Waals surface area contributed by atoms with Crippen molar-refractivity contribution in [3.63, 3.8) is 0 Å². The first kappa shape index (κ1) is 13.0. The van der Waals surface area contributed by atoms with Gasteiger partial charge in [-0.1, -0.05) is 17.7 Å². The van der Waals surface area contributed by atoms with E-state index in [4.69, 9.17) is 11.6 Å². The zero-order chi connectivity index (χ0) is 13.7. The number of pyridine rings is 1. The zero-order valence-corrected chi connectivity index (χ0v) is 10.5. The van der Waals surface area contributed by atoms with E-state index >= 15 is 0 Å². The molecular formula is C13H10ClN3O2. The molecule has 96 valence electrons. The predicted molar refractivity (Wildman–Crippen MR) is 72.4 cm³/mol.